The molecule has 1 N–H and O–H groups in total. The number of methoxy groups -OCH3 is 1. The first-order valence-electron chi connectivity index (χ1n) is 12.3. The minimum absolute atomic E-state index is 0.124. The lowest BCUT2D eigenvalue weighted by molar-refractivity contribution is -0.133. The van der Waals surface area contributed by atoms with E-state index in [0.717, 1.165) is 23.8 Å². The van der Waals surface area contributed by atoms with E-state index in [0.29, 0.717) is 31.4 Å². The molecular weight excluding hydrogens is 440 g/mol. The molecule has 1 saturated heterocycles. The van der Waals surface area contributed by atoms with Gasteiger partial charge in [0.25, 0.3) is 5.91 Å². The molecule has 6 nitrogen and oxygen atoms in total. The van der Waals surface area contributed by atoms with Crippen LogP contribution in [0.2, 0.25) is 0 Å². The van der Waals surface area contributed by atoms with Crippen molar-refractivity contribution in [1.29, 1.82) is 0 Å². The molecule has 182 valence electrons. The summed E-state index contributed by atoms with van der Waals surface area (Å²) >= 11 is 0. The third-order valence-corrected chi connectivity index (χ3v) is 7.85. The zero-order valence-corrected chi connectivity index (χ0v) is 20.1. The molecule has 0 bridgehead atoms. The molecular formula is C29H32N2O4. The lowest BCUT2D eigenvalue weighted by atomic mass is 9.86. The van der Waals surface area contributed by atoms with E-state index in [9.17, 15) is 14.7 Å². The lowest BCUT2D eigenvalue weighted by Gasteiger charge is -2.39. The number of carbonyl (C=O) groups is 2. The Morgan fingerprint density at radius 3 is 2.77 bits per heavy atom. The number of hydrogen-bond acceptors (Lipinski definition) is 4. The van der Waals surface area contributed by atoms with E-state index in [1.54, 1.807) is 24.4 Å². The summed E-state index contributed by atoms with van der Waals surface area (Å²) in [6, 6.07) is 13.8. The van der Waals surface area contributed by atoms with Crippen LogP contribution in [0.5, 0.6) is 0 Å². The van der Waals surface area contributed by atoms with Crippen LogP contribution >= 0.6 is 0 Å². The van der Waals surface area contributed by atoms with E-state index >= 15 is 0 Å². The van der Waals surface area contributed by atoms with Gasteiger partial charge in [0.2, 0.25) is 0 Å². The highest BCUT2D eigenvalue weighted by molar-refractivity contribution is 5.96. The third kappa shape index (κ3) is 4.16. The number of hydrogen-bond donors (Lipinski definition) is 1. The first-order valence-corrected chi connectivity index (χ1v) is 12.3. The van der Waals surface area contributed by atoms with Crippen LogP contribution in [-0.2, 0) is 16.0 Å². The third-order valence-electron chi connectivity index (χ3n) is 7.85. The van der Waals surface area contributed by atoms with Crippen molar-refractivity contribution in [1.82, 2.24) is 9.80 Å². The van der Waals surface area contributed by atoms with E-state index in [1.165, 1.54) is 17.4 Å². The van der Waals surface area contributed by atoms with Gasteiger partial charge in [0.1, 0.15) is 0 Å². The van der Waals surface area contributed by atoms with Crippen molar-refractivity contribution >= 4 is 22.8 Å². The number of allylic oxidation sites excluding steroid dienone is 2. The average Bonchev–Trinajstić information content (AvgIpc) is 3.45. The van der Waals surface area contributed by atoms with Crippen molar-refractivity contribution in [3.63, 3.8) is 0 Å². The summed E-state index contributed by atoms with van der Waals surface area (Å²) in [6.07, 6.45) is 9.70. The van der Waals surface area contributed by atoms with Gasteiger partial charge in [-0.25, -0.2) is 4.79 Å². The summed E-state index contributed by atoms with van der Waals surface area (Å²) in [5.74, 6) is 0.153. The largest absolute Gasteiger partial charge is 0.452 e. The highest BCUT2D eigenvalue weighted by Crippen LogP contribution is 2.46. The van der Waals surface area contributed by atoms with Crippen molar-refractivity contribution in [2.24, 2.45) is 5.92 Å². The van der Waals surface area contributed by atoms with Crippen LogP contribution in [0.4, 0.5) is 4.79 Å². The van der Waals surface area contributed by atoms with Gasteiger partial charge < -0.3 is 14.7 Å². The van der Waals surface area contributed by atoms with Crippen LogP contribution in [-0.4, -0.2) is 58.2 Å². The Labute approximate surface area is 206 Å². The summed E-state index contributed by atoms with van der Waals surface area (Å²) < 4.78 is 4.93. The first kappa shape index (κ1) is 23.4. The van der Waals surface area contributed by atoms with Crippen molar-refractivity contribution in [2.75, 3.05) is 13.7 Å². The SMILES string of the molecule is C=CCC1C(C(=O)N2CC[C@H]3CC[C@](O)(Cc4ccc5ccccc5c4)[C@H]32)=CC=CN1C(=O)OC. The molecule has 2 amide bonds. The fraction of sp³-hybridized carbons (Fsp3) is 0.379. The van der Waals surface area contributed by atoms with Gasteiger partial charge in [-0.15, -0.1) is 6.58 Å². The van der Waals surface area contributed by atoms with E-state index < -0.39 is 17.7 Å². The Morgan fingerprint density at radius 2 is 2.00 bits per heavy atom. The number of fused-ring (bicyclic) bond motifs is 2. The van der Waals surface area contributed by atoms with Gasteiger partial charge in [-0.2, -0.15) is 0 Å². The second kappa shape index (κ2) is 9.34. The molecule has 0 aromatic heterocycles. The molecule has 3 aliphatic rings. The number of ether oxygens (including phenoxy) is 1. The molecule has 2 fully saturated rings. The Balaban J connectivity index is 1.41. The maximum atomic E-state index is 13.9. The van der Waals surface area contributed by atoms with E-state index in [-0.39, 0.29) is 17.9 Å². The zero-order valence-electron chi connectivity index (χ0n) is 20.1. The fourth-order valence-corrected chi connectivity index (χ4v) is 6.27. The highest BCUT2D eigenvalue weighted by Gasteiger charge is 2.55. The fourth-order valence-electron chi connectivity index (χ4n) is 6.27. The quantitative estimate of drug-likeness (QED) is 0.646. The molecule has 35 heavy (non-hydrogen) atoms. The number of amides is 2. The van der Waals surface area contributed by atoms with Crippen LogP contribution in [0.3, 0.4) is 0 Å². The summed E-state index contributed by atoms with van der Waals surface area (Å²) in [5.41, 5.74) is 0.617. The minimum Gasteiger partial charge on any atom is -0.452 e. The molecule has 2 aromatic carbocycles. The monoisotopic (exact) mass is 472 g/mol. The smallest absolute Gasteiger partial charge is 0.414 e. The lowest BCUT2D eigenvalue weighted by Crippen LogP contribution is -2.53. The molecule has 0 radical (unpaired) electrons. The van der Waals surface area contributed by atoms with Crippen LogP contribution in [0.25, 0.3) is 10.8 Å². The summed E-state index contributed by atoms with van der Waals surface area (Å²) in [4.78, 5) is 29.5. The number of nitrogens with zero attached hydrogens (tertiary/aromatic N) is 2. The molecule has 6 heteroatoms. The van der Waals surface area contributed by atoms with E-state index in [4.69, 9.17) is 4.74 Å². The van der Waals surface area contributed by atoms with E-state index in [1.807, 2.05) is 17.0 Å². The Hall–Kier alpha value is -3.38. The maximum Gasteiger partial charge on any atom is 0.414 e. The molecule has 1 saturated carbocycles. The van der Waals surface area contributed by atoms with Gasteiger partial charge in [0, 0.05) is 24.7 Å². The molecule has 2 aromatic rings. The van der Waals surface area contributed by atoms with Crippen LogP contribution in [0.1, 0.15) is 31.2 Å². The Kier molecular flexibility index (Phi) is 6.24. The average molecular weight is 473 g/mol. The number of likely N-dealkylation sites (tertiary alicyclic amines) is 1. The van der Waals surface area contributed by atoms with Gasteiger partial charge in [-0.3, -0.25) is 9.69 Å². The summed E-state index contributed by atoms with van der Waals surface area (Å²) in [5, 5.41) is 14.2. The standard InChI is InChI=1S/C29H32N2O4/c1-3-7-25-24(10-6-16-30(25)28(33)35-2)27(32)31-17-14-22-13-15-29(34,26(22)31)19-20-11-12-21-8-4-5-9-23(21)18-20/h3-6,8-12,16,18,22,25-26,34H,1,7,13-15,17,19H2,2H3/t22-,25?,26+,29+/m1/s1. The van der Waals surface area contributed by atoms with Crippen molar-refractivity contribution in [3.8, 4) is 0 Å². The van der Waals surface area contributed by atoms with Gasteiger partial charge >= 0.3 is 6.09 Å². The zero-order chi connectivity index (χ0) is 24.6. The Morgan fingerprint density at radius 1 is 1.20 bits per heavy atom. The number of carbonyl (C=O) groups excluding carboxylic acids is 2. The molecule has 2 aliphatic heterocycles. The maximum absolute atomic E-state index is 13.9. The van der Waals surface area contributed by atoms with E-state index in [2.05, 4.69) is 36.9 Å². The number of rotatable bonds is 5. The minimum atomic E-state index is -0.986. The molecule has 4 atom stereocenters. The van der Waals surface area contributed by atoms with Crippen LogP contribution < -0.4 is 0 Å². The number of benzene rings is 2. The van der Waals surface area contributed by atoms with Gasteiger partial charge in [-0.1, -0.05) is 48.5 Å². The topological polar surface area (TPSA) is 70.1 Å². The predicted octanol–water partition coefficient (Wildman–Crippen LogP) is 4.59. The normalized spacial score (nSPS) is 27.6. The van der Waals surface area contributed by atoms with Crippen molar-refractivity contribution in [2.45, 2.75) is 49.8 Å². The summed E-state index contributed by atoms with van der Waals surface area (Å²) in [7, 11) is 1.33. The number of aliphatic hydroxyl groups is 1. The molecule has 0 spiro atoms. The highest BCUT2D eigenvalue weighted by atomic mass is 16.5. The van der Waals surface area contributed by atoms with Gasteiger partial charge in [0.15, 0.2) is 0 Å². The van der Waals surface area contributed by atoms with Gasteiger partial charge in [0.05, 0.1) is 24.8 Å². The first-order chi connectivity index (χ1) is 16.9. The van der Waals surface area contributed by atoms with Crippen LogP contribution in [0, 0.1) is 5.92 Å². The van der Waals surface area contributed by atoms with Gasteiger partial charge in [-0.05, 0) is 60.1 Å². The second-order valence-corrected chi connectivity index (χ2v) is 9.87. The predicted molar refractivity (Wildman–Crippen MR) is 136 cm³/mol. The molecule has 2 heterocycles. The molecule has 1 unspecified atom stereocenters. The van der Waals surface area contributed by atoms with Crippen molar-refractivity contribution in [3.05, 3.63) is 84.6 Å². The van der Waals surface area contributed by atoms with Crippen molar-refractivity contribution < 1.29 is 19.4 Å². The van der Waals surface area contributed by atoms with Crippen LogP contribution in [0.15, 0.2) is 79.0 Å². The Bertz CT molecular complexity index is 1220. The summed E-state index contributed by atoms with van der Waals surface area (Å²) in [6.45, 7) is 4.42. The molecule has 5 rings (SSSR count). The molecule has 1 aliphatic carbocycles. The second-order valence-electron chi connectivity index (χ2n) is 9.87.